The second-order valence-corrected chi connectivity index (χ2v) is 6.07. The Labute approximate surface area is 117 Å². The lowest BCUT2D eigenvalue weighted by atomic mass is 10.1. The highest BCUT2D eigenvalue weighted by Crippen LogP contribution is 2.14. The van der Waals surface area contributed by atoms with Crippen LogP contribution < -0.4 is 0 Å². The number of carbonyl (C=O) groups excluding carboxylic acids is 1. The van der Waals surface area contributed by atoms with Crippen molar-refractivity contribution in [2.45, 2.75) is 39.2 Å². The molecule has 0 heterocycles. The fourth-order valence-corrected chi connectivity index (χ4v) is 1.84. The van der Waals surface area contributed by atoms with Crippen molar-refractivity contribution in [3.05, 3.63) is 35.4 Å². The van der Waals surface area contributed by atoms with Crippen LogP contribution in [0.25, 0.3) is 0 Å². The summed E-state index contributed by atoms with van der Waals surface area (Å²) in [6.45, 7) is 5.64. The fraction of sp³-hybridized carbons (Fsp3) is 0.500. The van der Waals surface area contributed by atoms with Gasteiger partial charge < -0.3 is 4.74 Å². The molecule has 0 spiro atoms. The Morgan fingerprint density at radius 2 is 2.06 bits per heavy atom. The van der Waals surface area contributed by atoms with E-state index in [2.05, 4.69) is 28.7 Å². The molecule has 0 aromatic heterocycles. The first kappa shape index (κ1) is 14.5. The van der Waals surface area contributed by atoms with Crippen molar-refractivity contribution in [1.82, 2.24) is 0 Å². The summed E-state index contributed by atoms with van der Waals surface area (Å²) in [7, 11) is 0. The Balaban J connectivity index is 2.74. The Kier molecular flexibility index (Phi) is 5.43. The zero-order valence-electron chi connectivity index (χ0n) is 10.6. The second-order valence-electron chi connectivity index (χ2n) is 4.99. The number of benzene rings is 1. The third-order valence-corrected chi connectivity index (χ3v) is 2.92. The van der Waals surface area contributed by atoms with Crippen molar-refractivity contribution in [3.63, 3.8) is 0 Å². The fourth-order valence-electron chi connectivity index (χ4n) is 1.46. The zero-order chi connectivity index (χ0) is 12.9. The van der Waals surface area contributed by atoms with Gasteiger partial charge in [0.15, 0.2) is 0 Å². The highest BCUT2D eigenvalue weighted by atomic mass is 127. The maximum atomic E-state index is 11.9. The topological polar surface area (TPSA) is 26.3 Å². The summed E-state index contributed by atoms with van der Waals surface area (Å²) < 4.78 is 6.48. The maximum Gasteiger partial charge on any atom is 0.338 e. The predicted molar refractivity (Wildman–Crippen MR) is 78.8 cm³/mol. The average molecular weight is 346 g/mol. The van der Waals surface area contributed by atoms with E-state index in [4.69, 9.17) is 4.74 Å². The molecule has 0 bridgehead atoms. The summed E-state index contributed by atoms with van der Waals surface area (Å²) in [5, 5.41) is 0. The van der Waals surface area contributed by atoms with Crippen LogP contribution in [-0.2, 0) is 11.2 Å². The summed E-state index contributed by atoms with van der Waals surface area (Å²) in [4.78, 5) is 11.9. The largest absolute Gasteiger partial charge is 0.456 e. The molecule has 1 rings (SSSR count). The summed E-state index contributed by atoms with van der Waals surface area (Å²) >= 11 is 2.36. The molecule has 1 aromatic carbocycles. The lowest BCUT2D eigenvalue weighted by Crippen LogP contribution is -2.23. The van der Waals surface area contributed by atoms with Gasteiger partial charge in [-0.3, -0.25) is 0 Å². The van der Waals surface area contributed by atoms with Gasteiger partial charge >= 0.3 is 5.97 Å². The smallest absolute Gasteiger partial charge is 0.338 e. The van der Waals surface area contributed by atoms with E-state index in [1.807, 2.05) is 39.0 Å². The first-order valence-electron chi connectivity index (χ1n) is 5.80. The Bertz CT molecular complexity index is 380. The van der Waals surface area contributed by atoms with Gasteiger partial charge in [0, 0.05) is 0 Å². The van der Waals surface area contributed by atoms with Gasteiger partial charge in [0.2, 0.25) is 0 Å². The molecule has 94 valence electrons. The Morgan fingerprint density at radius 3 is 2.65 bits per heavy atom. The molecule has 17 heavy (non-hydrogen) atoms. The molecule has 1 aromatic rings. The van der Waals surface area contributed by atoms with E-state index in [1.165, 1.54) is 5.56 Å². The maximum absolute atomic E-state index is 11.9. The number of hydrogen-bond acceptors (Lipinski definition) is 2. The van der Waals surface area contributed by atoms with E-state index < -0.39 is 5.60 Å². The lowest BCUT2D eigenvalue weighted by molar-refractivity contribution is 0.00694. The van der Waals surface area contributed by atoms with E-state index in [1.54, 1.807) is 0 Å². The van der Waals surface area contributed by atoms with E-state index in [9.17, 15) is 4.79 Å². The third-order valence-electron chi connectivity index (χ3n) is 2.16. The molecular weight excluding hydrogens is 327 g/mol. The van der Waals surface area contributed by atoms with Gasteiger partial charge in [-0.15, -0.1) is 0 Å². The van der Waals surface area contributed by atoms with E-state index in [-0.39, 0.29) is 5.97 Å². The molecule has 0 saturated carbocycles. The van der Waals surface area contributed by atoms with Crippen LogP contribution in [0.15, 0.2) is 24.3 Å². The van der Waals surface area contributed by atoms with E-state index in [0.29, 0.717) is 5.56 Å². The minimum Gasteiger partial charge on any atom is -0.456 e. The van der Waals surface area contributed by atoms with Crippen molar-refractivity contribution in [2.24, 2.45) is 0 Å². The number of ether oxygens (including phenoxy) is 1. The molecule has 0 unspecified atom stereocenters. The van der Waals surface area contributed by atoms with Crippen molar-refractivity contribution < 1.29 is 9.53 Å². The summed E-state index contributed by atoms with van der Waals surface area (Å²) in [6, 6.07) is 7.71. The van der Waals surface area contributed by atoms with Gasteiger partial charge in [-0.25, -0.2) is 4.79 Å². The Hall–Kier alpha value is -0.580. The van der Waals surface area contributed by atoms with Gasteiger partial charge in [-0.1, -0.05) is 34.7 Å². The number of halogens is 1. The monoisotopic (exact) mass is 346 g/mol. The Morgan fingerprint density at radius 1 is 1.35 bits per heavy atom. The minimum atomic E-state index is -0.435. The van der Waals surface area contributed by atoms with Crippen molar-refractivity contribution >= 4 is 28.6 Å². The molecular formula is C14H19IO2. The second kappa shape index (κ2) is 6.38. The molecule has 0 aliphatic rings. The molecule has 0 radical (unpaired) electrons. The number of aryl methyl sites for hydroxylation is 1. The van der Waals surface area contributed by atoms with Crippen LogP contribution in [0.2, 0.25) is 0 Å². The average Bonchev–Trinajstić information content (AvgIpc) is 2.24. The number of carbonyl (C=O) groups is 1. The van der Waals surface area contributed by atoms with Gasteiger partial charge in [0.05, 0.1) is 5.56 Å². The van der Waals surface area contributed by atoms with Crippen LogP contribution in [0.5, 0.6) is 0 Å². The summed E-state index contributed by atoms with van der Waals surface area (Å²) in [5.41, 5.74) is 1.41. The molecule has 2 nitrogen and oxygen atoms in total. The van der Waals surface area contributed by atoms with Crippen molar-refractivity contribution in [3.8, 4) is 0 Å². The van der Waals surface area contributed by atoms with Gasteiger partial charge in [-0.2, -0.15) is 0 Å². The van der Waals surface area contributed by atoms with Crippen LogP contribution in [0.1, 0.15) is 43.1 Å². The first-order chi connectivity index (χ1) is 7.92. The predicted octanol–water partition coefficient (Wildman–Crippen LogP) is 4.01. The van der Waals surface area contributed by atoms with E-state index in [0.717, 1.165) is 17.3 Å². The molecule has 0 aliphatic heterocycles. The number of rotatable bonds is 4. The lowest BCUT2D eigenvalue weighted by Gasteiger charge is -2.19. The van der Waals surface area contributed by atoms with Crippen LogP contribution in [0, 0.1) is 0 Å². The van der Waals surface area contributed by atoms with E-state index >= 15 is 0 Å². The summed E-state index contributed by atoms with van der Waals surface area (Å²) in [5.74, 6) is -0.242. The number of hydrogen-bond donors (Lipinski definition) is 0. The highest BCUT2D eigenvalue weighted by molar-refractivity contribution is 14.1. The standard InChI is InChI=1S/C14H19IO2/c1-14(2,3)17-13(16)12-8-4-6-11(10-12)7-5-9-15/h4,6,8,10H,5,7,9H2,1-3H3. The first-order valence-corrected chi connectivity index (χ1v) is 7.33. The molecule has 0 fully saturated rings. The number of esters is 1. The molecule has 3 heteroatoms. The van der Waals surface area contributed by atoms with Crippen LogP contribution >= 0.6 is 22.6 Å². The van der Waals surface area contributed by atoms with Crippen LogP contribution in [0.3, 0.4) is 0 Å². The van der Waals surface area contributed by atoms with Crippen LogP contribution in [-0.4, -0.2) is 16.0 Å². The summed E-state index contributed by atoms with van der Waals surface area (Å²) in [6.07, 6.45) is 2.15. The highest BCUT2D eigenvalue weighted by Gasteiger charge is 2.17. The van der Waals surface area contributed by atoms with Crippen molar-refractivity contribution in [1.29, 1.82) is 0 Å². The molecule has 0 N–H and O–H groups in total. The quantitative estimate of drug-likeness (QED) is 0.468. The van der Waals surface area contributed by atoms with Gasteiger partial charge in [-0.05, 0) is 55.7 Å². The minimum absolute atomic E-state index is 0.242. The van der Waals surface area contributed by atoms with Crippen molar-refractivity contribution in [2.75, 3.05) is 4.43 Å². The molecule has 0 saturated heterocycles. The molecule has 0 aliphatic carbocycles. The van der Waals surface area contributed by atoms with Gasteiger partial charge in [0.1, 0.15) is 5.60 Å². The zero-order valence-corrected chi connectivity index (χ0v) is 12.8. The molecule has 0 atom stereocenters. The van der Waals surface area contributed by atoms with Crippen LogP contribution in [0.4, 0.5) is 0 Å². The van der Waals surface area contributed by atoms with Gasteiger partial charge in [0.25, 0.3) is 0 Å². The number of alkyl halides is 1. The third kappa shape index (κ3) is 5.52. The normalized spacial score (nSPS) is 11.3. The molecule has 0 amide bonds. The SMILES string of the molecule is CC(C)(C)OC(=O)c1cccc(CCCI)c1.